The summed E-state index contributed by atoms with van der Waals surface area (Å²) in [5.41, 5.74) is 1.79. The summed E-state index contributed by atoms with van der Waals surface area (Å²) < 4.78 is 2.09. The Labute approximate surface area is 85.5 Å². The predicted octanol–water partition coefficient (Wildman–Crippen LogP) is 1.96. The van der Waals surface area contributed by atoms with Gasteiger partial charge in [0.05, 0.1) is 11.7 Å². The van der Waals surface area contributed by atoms with E-state index in [2.05, 4.69) is 35.0 Å². The van der Waals surface area contributed by atoms with Crippen LogP contribution in [0.2, 0.25) is 0 Å². The lowest BCUT2D eigenvalue weighted by atomic mass is 9.96. The molecule has 1 unspecified atom stereocenters. The Balaban J connectivity index is 2.27. The van der Waals surface area contributed by atoms with Crippen LogP contribution >= 0.6 is 0 Å². The summed E-state index contributed by atoms with van der Waals surface area (Å²) in [5.74, 6) is 0. The van der Waals surface area contributed by atoms with Gasteiger partial charge in [-0.25, -0.2) is 0 Å². The lowest BCUT2D eigenvalue weighted by molar-refractivity contribution is 0.364. The van der Waals surface area contributed by atoms with Gasteiger partial charge in [0.15, 0.2) is 0 Å². The van der Waals surface area contributed by atoms with Crippen LogP contribution in [0.1, 0.15) is 38.4 Å². The Morgan fingerprint density at radius 3 is 2.86 bits per heavy atom. The minimum Gasteiger partial charge on any atom is -0.311 e. The Bertz CT molecular complexity index is 312. The van der Waals surface area contributed by atoms with Crippen molar-refractivity contribution in [1.29, 1.82) is 0 Å². The molecule has 78 valence electrons. The number of hydrogen-bond acceptors (Lipinski definition) is 2. The summed E-state index contributed by atoms with van der Waals surface area (Å²) >= 11 is 0. The molecule has 0 amide bonds. The molecule has 3 nitrogen and oxygen atoms in total. The lowest BCUT2D eigenvalue weighted by Crippen LogP contribution is -2.27. The van der Waals surface area contributed by atoms with E-state index in [9.17, 15) is 0 Å². The first-order valence-corrected chi connectivity index (χ1v) is 5.40. The second-order valence-electron chi connectivity index (χ2n) is 4.45. The summed E-state index contributed by atoms with van der Waals surface area (Å²) in [7, 11) is 2.04. The molecule has 1 N–H and O–H groups in total. The first-order chi connectivity index (χ1) is 6.71. The summed E-state index contributed by atoms with van der Waals surface area (Å²) in [6.45, 7) is 5.44. The molecule has 0 spiro atoms. The standard InChI is InChI=1S/C11H19N3/c1-4-14-9(5-8-13-14)10(12-3)11(2)6-7-11/h5,8,10,12H,4,6-7H2,1-3H3. The summed E-state index contributed by atoms with van der Waals surface area (Å²) in [6.07, 6.45) is 4.55. The van der Waals surface area contributed by atoms with Gasteiger partial charge < -0.3 is 5.32 Å². The number of nitrogens with one attached hydrogen (secondary N) is 1. The van der Waals surface area contributed by atoms with Gasteiger partial charge in [-0.1, -0.05) is 6.92 Å². The molecule has 1 aromatic rings. The molecule has 1 fully saturated rings. The van der Waals surface area contributed by atoms with Crippen LogP contribution in [-0.4, -0.2) is 16.8 Å². The maximum Gasteiger partial charge on any atom is 0.0558 e. The van der Waals surface area contributed by atoms with E-state index in [1.165, 1.54) is 18.5 Å². The van der Waals surface area contributed by atoms with E-state index in [1.54, 1.807) is 0 Å². The van der Waals surface area contributed by atoms with Crippen molar-refractivity contribution in [2.75, 3.05) is 7.05 Å². The quantitative estimate of drug-likeness (QED) is 0.792. The summed E-state index contributed by atoms with van der Waals surface area (Å²) in [4.78, 5) is 0. The van der Waals surface area contributed by atoms with Crippen LogP contribution in [0.4, 0.5) is 0 Å². The second-order valence-corrected chi connectivity index (χ2v) is 4.45. The van der Waals surface area contributed by atoms with E-state index in [0.29, 0.717) is 11.5 Å². The molecule has 0 saturated heterocycles. The summed E-state index contributed by atoms with van der Waals surface area (Å²) in [6, 6.07) is 2.60. The van der Waals surface area contributed by atoms with Gasteiger partial charge in [0.2, 0.25) is 0 Å². The Morgan fingerprint density at radius 1 is 1.64 bits per heavy atom. The second kappa shape index (κ2) is 3.39. The van der Waals surface area contributed by atoms with Gasteiger partial charge in [0.25, 0.3) is 0 Å². The van der Waals surface area contributed by atoms with Gasteiger partial charge in [-0.05, 0) is 38.3 Å². The van der Waals surface area contributed by atoms with Crippen molar-refractivity contribution in [2.45, 2.75) is 39.3 Å². The minimum atomic E-state index is 0.460. The zero-order chi connectivity index (χ0) is 10.2. The molecule has 2 rings (SSSR count). The molecule has 1 saturated carbocycles. The third kappa shape index (κ3) is 1.46. The zero-order valence-corrected chi connectivity index (χ0v) is 9.25. The van der Waals surface area contributed by atoms with Crippen molar-refractivity contribution >= 4 is 0 Å². The molecule has 1 aliphatic rings. The molecule has 0 aliphatic heterocycles. The average Bonchev–Trinajstić information content (AvgIpc) is 2.77. The lowest BCUT2D eigenvalue weighted by Gasteiger charge is -2.23. The topological polar surface area (TPSA) is 29.9 Å². The fourth-order valence-corrected chi connectivity index (χ4v) is 2.19. The third-order valence-electron chi connectivity index (χ3n) is 3.37. The van der Waals surface area contributed by atoms with Crippen molar-refractivity contribution in [2.24, 2.45) is 5.41 Å². The van der Waals surface area contributed by atoms with E-state index in [4.69, 9.17) is 0 Å². The van der Waals surface area contributed by atoms with Crippen LogP contribution in [0.5, 0.6) is 0 Å². The van der Waals surface area contributed by atoms with Gasteiger partial charge in [-0.2, -0.15) is 5.10 Å². The smallest absolute Gasteiger partial charge is 0.0558 e. The maximum absolute atomic E-state index is 4.32. The van der Waals surface area contributed by atoms with E-state index >= 15 is 0 Å². The van der Waals surface area contributed by atoms with Crippen LogP contribution in [0.3, 0.4) is 0 Å². The first-order valence-electron chi connectivity index (χ1n) is 5.40. The molecule has 1 heterocycles. The molecule has 1 atom stereocenters. The molecular formula is C11H19N3. The van der Waals surface area contributed by atoms with Gasteiger partial charge in [0.1, 0.15) is 0 Å². The monoisotopic (exact) mass is 193 g/mol. The highest BCUT2D eigenvalue weighted by atomic mass is 15.3. The minimum absolute atomic E-state index is 0.460. The molecule has 1 aromatic heterocycles. The molecule has 1 aliphatic carbocycles. The number of aromatic nitrogens is 2. The molecule has 14 heavy (non-hydrogen) atoms. The molecule has 3 heteroatoms. The van der Waals surface area contributed by atoms with Crippen LogP contribution in [0.25, 0.3) is 0 Å². The normalized spacial score (nSPS) is 20.8. The highest BCUT2D eigenvalue weighted by molar-refractivity contribution is 5.15. The Kier molecular flexibility index (Phi) is 2.35. The Hall–Kier alpha value is -0.830. The molecule has 0 radical (unpaired) electrons. The molecule has 0 aromatic carbocycles. The first kappa shape index (κ1) is 9.71. The number of nitrogens with zero attached hydrogens (tertiary/aromatic N) is 2. The van der Waals surface area contributed by atoms with Crippen LogP contribution < -0.4 is 5.32 Å². The Morgan fingerprint density at radius 2 is 2.36 bits per heavy atom. The van der Waals surface area contributed by atoms with Gasteiger partial charge in [-0.15, -0.1) is 0 Å². The zero-order valence-electron chi connectivity index (χ0n) is 9.25. The number of hydrogen-bond donors (Lipinski definition) is 1. The van der Waals surface area contributed by atoms with Gasteiger partial charge in [0, 0.05) is 12.7 Å². The van der Waals surface area contributed by atoms with Crippen molar-refractivity contribution in [1.82, 2.24) is 15.1 Å². The van der Waals surface area contributed by atoms with Crippen molar-refractivity contribution in [3.05, 3.63) is 18.0 Å². The van der Waals surface area contributed by atoms with Gasteiger partial charge >= 0.3 is 0 Å². The molecular weight excluding hydrogens is 174 g/mol. The van der Waals surface area contributed by atoms with Gasteiger partial charge in [-0.3, -0.25) is 4.68 Å². The van der Waals surface area contributed by atoms with E-state index in [0.717, 1.165) is 6.54 Å². The largest absolute Gasteiger partial charge is 0.311 e. The number of aryl methyl sites for hydroxylation is 1. The summed E-state index contributed by atoms with van der Waals surface area (Å²) in [5, 5.41) is 7.74. The SMILES string of the molecule is CCn1nccc1C(NC)C1(C)CC1. The van der Waals surface area contributed by atoms with Crippen LogP contribution in [0, 0.1) is 5.41 Å². The average molecular weight is 193 g/mol. The molecule has 0 bridgehead atoms. The van der Waals surface area contributed by atoms with Crippen molar-refractivity contribution in [3.63, 3.8) is 0 Å². The highest BCUT2D eigenvalue weighted by Gasteiger charge is 2.45. The predicted molar refractivity (Wildman–Crippen MR) is 57.0 cm³/mol. The van der Waals surface area contributed by atoms with Crippen molar-refractivity contribution in [3.8, 4) is 0 Å². The van der Waals surface area contributed by atoms with Crippen molar-refractivity contribution < 1.29 is 0 Å². The van der Waals surface area contributed by atoms with E-state index in [-0.39, 0.29) is 0 Å². The maximum atomic E-state index is 4.32. The fraction of sp³-hybridized carbons (Fsp3) is 0.727. The van der Waals surface area contributed by atoms with Crippen LogP contribution in [-0.2, 0) is 6.54 Å². The number of rotatable bonds is 4. The van der Waals surface area contributed by atoms with E-state index in [1.807, 2.05) is 13.2 Å². The third-order valence-corrected chi connectivity index (χ3v) is 3.37. The fourth-order valence-electron chi connectivity index (χ4n) is 2.19. The van der Waals surface area contributed by atoms with Crippen LogP contribution in [0.15, 0.2) is 12.3 Å². The van der Waals surface area contributed by atoms with E-state index < -0.39 is 0 Å². The highest BCUT2D eigenvalue weighted by Crippen LogP contribution is 2.54.